The molecule has 0 unspecified atom stereocenters. The average Bonchev–Trinajstić information content (AvgIpc) is 2.29. The number of carbonyl (C=O) groups excluding carboxylic acids is 1. The van der Waals surface area contributed by atoms with Crippen LogP contribution in [-0.4, -0.2) is 19.0 Å². The first kappa shape index (κ1) is 13.9. The minimum absolute atomic E-state index is 0.259. The van der Waals surface area contributed by atoms with E-state index in [2.05, 4.69) is 39.0 Å². The predicted octanol–water partition coefficient (Wildman–Crippen LogP) is 3.23. The molecule has 2 nitrogen and oxygen atoms in total. The van der Waals surface area contributed by atoms with E-state index in [0.717, 1.165) is 18.6 Å². The number of rotatable bonds is 7. The van der Waals surface area contributed by atoms with Gasteiger partial charge in [0.1, 0.15) is 5.78 Å². The molecule has 94 valence electrons. The molecule has 0 aliphatic heterocycles. The number of ether oxygens (including phenoxy) is 1. The lowest BCUT2D eigenvalue weighted by atomic mass is 10.00. The van der Waals surface area contributed by atoms with Crippen LogP contribution in [-0.2, 0) is 16.0 Å². The van der Waals surface area contributed by atoms with Crippen molar-refractivity contribution in [3.63, 3.8) is 0 Å². The van der Waals surface area contributed by atoms with Crippen LogP contribution in [0.25, 0.3) is 0 Å². The van der Waals surface area contributed by atoms with Crippen molar-refractivity contribution in [1.29, 1.82) is 0 Å². The van der Waals surface area contributed by atoms with Crippen LogP contribution >= 0.6 is 0 Å². The second-order valence-electron chi connectivity index (χ2n) is 4.51. The fourth-order valence-corrected chi connectivity index (χ4v) is 1.72. The van der Waals surface area contributed by atoms with Crippen LogP contribution in [0.1, 0.15) is 36.5 Å². The van der Waals surface area contributed by atoms with Crippen LogP contribution in [0.5, 0.6) is 0 Å². The average molecular weight is 234 g/mol. The summed E-state index contributed by atoms with van der Waals surface area (Å²) in [6.07, 6.45) is 2.06. The Kier molecular flexibility index (Phi) is 5.92. The third-order valence-corrected chi connectivity index (χ3v) is 2.77. The standard InChI is InChI=1S/C15H22O2/c1-4-8-17-9-7-15(16)11-14-10-12(2)5-6-13(14)3/h5-6,10H,4,7-9,11H2,1-3H3. The van der Waals surface area contributed by atoms with Crippen LogP contribution in [0.4, 0.5) is 0 Å². The summed E-state index contributed by atoms with van der Waals surface area (Å²) < 4.78 is 5.32. The van der Waals surface area contributed by atoms with Gasteiger partial charge in [-0.25, -0.2) is 0 Å². The Morgan fingerprint density at radius 3 is 2.71 bits per heavy atom. The van der Waals surface area contributed by atoms with Crippen molar-refractivity contribution in [2.45, 2.75) is 40.0 Å². The van der Waals surface area contributed by atoms with Gasteiger partial charge in [0.05, 0.1) is 6.61 Å². The smallest absolute Gasteiger partial charge is 0.139 e. The van der Waals surface area contributed by atoms with Gasteiger partial charge in [-0.3, -0.25) is 4.79 Å². The largest absolute Gasteiger partial charge is 0.381 e. The Bertz CT molecular complexity index is 369. The van der Waals surface area contributed by atoms with E-state index >= 15 is 0 Å². The zero-order chi connectivity index (χ0) is 12.7. The van der Waals surface area contributed by atoms with Crippen molar-refractivity contribution < 1.29 is 9.53 Å². The van der Waals surface area contributed by atoms with E-state index in [1.54, 1.807) is 0 Å². The van der Waals surface area contributed by atoms with Crippen LogP contribution < -0.4 is 0 Å². The normalized spacial score (nSPS) is 10.5. The molecule has 0 atom stereocenters. The first-order chi connectivity index (χ1) is 8.13. The molecule has 0 aliphatic carbocycles. The maximum Gasteiger partial charge on any atom is 0.139 e. The Hall–Kier alpha value is -1.15. The molecule has 0 saturated heterocycles. The summed E-state index contributed by atoms with van der Waals surface area (Å²) in [5, 5.41) is 0. The van der Waals surface area contributed by atoms with Crippen molar-refractivity contribution >= 4 is 5.78 Å². The molecule has 0 bridgehead atoms. The van der Waals surface area contributed by atoms with Gasteiger partial charge in [0, 0.05) is 19.4 Å². The number of aryl methyl sites for hydroxylation is 2. The maximum absolute atomic E-state index is 11.8. The Balaban J connectivity index is 2.42. The van der Waals surface area contributed by atoms with E-state index in [-0.39, 0.29) is 5.78 Å². The van der Waals surface area contributed by atoms with E-state index in [1.807, 2.05) is 0 Å². The third-order valence-electron chi connectivity index (χ3n) is 2.77. The molecule has 0 heterocycles. The van der Waals surface area contributed by atoms with Gasteiger partial charge in [0.2, 0.25) is 0 Å². The fraction of sp³-hybridized carbons (Fsp3) is 0.533. The molecule has 0 N–H and O–H groups in total. The summed E-state index contributed by atoms with van der Waals surface area (Å²) in [4.78, 5) is 11.8. The lowest BCUT2D eigenvalue weighted by Crippen LogP contribution is -2.08. The summed E-state index contributed by atoms with van der Waals surface area (Å²) in [6, 6.07) is 6.25. The van der Waals surface area contributed by atoms with E-state index in [9.17, 15) is 4.79 Å². The molecule has 0 aliphatic rings. The maximum atomic E-state index is 11.8. The monoisotopic (exact) mass is 234 g/mol. The number of hydrogen-bond acceptors (Lipinski definition) is 2. The molecular formula is C15H22O2. The van der Waals surface area contributed by atoms with Gasteiger partial charge >= 0.3 is 0 Å². The van der Waals surface area contributed by atoms with E-state index in [0.29, 0.717) is 19.4 Å². The Morgan fingerprint density at radius 2 is 2.00 bits per heavy atom. The van der Waals surface area contributed by atoms with Crippen molar-refractivity contribution in [2.75, 3.05) is 13.2 Å². The summed E-state index contributed by atoms with van der Waals surface area (Å²) in [5.41, 5.74) is 3.55. The second kappa shape index (κ2) is 7.23. The van der Waals surface area contributed by atoms with Crippen molar-refractivity contribution in [1.82, 2.24) is 0 Å². The molecule has 0 spiro atoms. The topological polar surface area (TPSA) is 26.3 Å². The molecule has 1 aromatic carbocycles. The SMILES string of the molecule is CCCOCCC(=O)Cc1cc(C)ccc1C. The van der Waals surface area contributed by atoms with Crippen LogP contribution in [0, 0.1) is 13.8 Å². The van der Waals surface area contributed by atoms with E-state index in [4.69, 9.17) is 4.74 Å². The molecule has 0 amide bonds. The van der Waals surface area contributed by atoms with Gasteiger partial charge in [-0.05, 0) is 31.4 Å². The molecular weight excluding hydrogens is 212 g/mol. The molecule has 0 saturated carbocycles. The molecule has 2 heteroatoms. The fourth-order valence-electron chi connectivity index (χ4n) is 1.72. The molecule has 0 aromatic heterocycles. The zero-order valence-corrected chi connectivity index (χ0v) is 11.1. The predicted molar refractivity (Wildman–Crippen MR) is 70.4 cm³/mol. The Morgan fingerprint density at radius 1 is 1.24 bits per heavy atom. The first-order valence-corrected chi connectivity index (χ1v) is 6.29. The number of hydrogen-bond donors (Lipinski definition) is 0. The van der Waals surface area contributed by atoms with Crippen molar-refractivity contribution in [3.8, 4) is 0 Å². The molecule has 0 radical (unpaired) electrons. The summed E-state index contributed by atoms with van der Waals surface area (Å²) >= 11 is 0. The number of carbonyl (C=O) groups is 1. The van der Waals surface area contributed by atoms with Gasteiger partial charge in [-0.1, -0.05) is 30.7 Å². The highest BCUT2D eigenvalue weighted by Crippen LogP contribution is 2.12. The minimum atomic E-state index is 0.259. The quantitative estimate of drug-likeness (QED) is 0.677. The number of Topliss-reactive ketones (excluding diaryl/α,β-unsaturated/α-hetero) is 1. The number of benzene rings is 1. The molecule has 1 rings (SSSR count). The van der Waals surface area contributed by atoms with Crippen molar-refractivity contribution in [2.24, 2.45) is 0 Å². The zero-order valence-electron chi connectivity index (χ0n) is 11.1. The van der Waals surface area contributed by atoms with Crippen LogP contribution in [0.2, 0.25) is 0 Å². The van der Waals surface area contributed by atoms with Gasteiger partial charge in [0.25, 0.3) is 0 Å². The third kappa shape index (κ3) is 5.14. The van der Waals surface area contributed by atoms with Crippen molar-refractivity contribution in [3.05, 3.63) is 34.9 Å². The summed E-state index contributed by atoms with van der Waals surface area (Å²) in [7, 11) is 0. The van der Waals surface area contributed by atoms with E-state index < -0.39 is 0 Å². The summed E-state index contributed by atoms with van der Waals surface area (Å²) in [5.74, 6) is 0.259. The summed E-state index contributed by atoms with van der Waals surface area (Å²) in [6.45, 7) is 7.47. The lowest BCUT2D eigenvalue weighted by molar-refractivity contribution is -0.119. The highest BCUT2D eigenvalue weighted by Gasteiger charge is 2.06. The lowest BCUT2D eigenvalue weighted by Gasteiger charge is -2.07. The van der Waals surface area contributed by atoms with Gasteiger partial charge in [-0.15, -0.1) is 0 Å². The highest BCUT2D eigenvalue weighted by molar-refractivity contribution is 5.81. The van der Waals surface area contributed by atoms with Gasteiger partial charge in [0.15, 0.2) is 0 Å². The minimum Gasteiger partial charge on any atom is -0.381 e. The first-order valence-electron chi connectivity index (χ1n) is 6.29. The van der Waals surface area contributed by atoms with Gasteiger partial charge in [-0.2, -0.15) is 0 Å². The molecule has 17 heavy (non-hydrogen) atoms. The second-order valence-corrected chi connectivity index (χ2v) is 4.51. The Labute approximate surface area is 104 Å². The highest BCUT2D eigenvalue weighted by atomic mass is 16.5. The van der Waals surface area contributed by atoms with Gasteiger partial charge < -0.3 is 4.74 Å². The molecule has 1 aromatic rings. The molecule has 0 fully saturated rings. The van der Waals surface area contributed by atoms with Crippen LogP contribution in [0.15, 0.2) is 18.2 Å². The number of ketones is 1. The van der Waals surface area contributed by atoms with Crippen LogP contribution in [0.3, 0.4) is 0 Å². The van der Waals surface area contributed by atoms with E-state index in [1.165, 1.54) is 11.1 Å².